The van der Waals surface area contributed by atoms with E-state index in [0.29, 0.717) is 30.9 Å². The van der Waals surface area contributed by atoms with Crippen molar-refractivity contribution in [3.8, 4) is 5.75 Å². The third kappa shape index (κ3) is 5.06. The van der Waals surface area contributed by atoms with E-state index in [1.807, 2.05) is 0 Å². The number of anilines is 1. The predicted molar refractivity (Wildman–Crippen MR) is 102 cm³/mol. The summed E-state index contributed by atoms with van der Waals surface area (Å²) in [5.41, 5.74) is 1.15. The van der Waals surface area contributed by atoms with Crippen molar-refractivity contribution in [3.63, 3.8) is 0 Å². The molecule has 0 spiro atoms. The Labute approximate surface area is 158 Å². The number of ketones is 1. The van der Waals surface area contributed by atoms with E-state index in [1.54, 1.807) is 47.4 Å². The summed E-state index contributed by atoms with van der Waals surface area (Å²) in [5, 5.41) is 2.84. The van der Waals surface area contributed by atoms with Crippen LogP contribution in [-0.2, 0) is 0 Å². The van der Waals surface area contributed by atoms with E-state index in [4.69, 9.17) is 4.74 Å². The number of halogens is 1. The molecule has 0 aromatic heterocycles. The van der Waals surface area contributed by atoms with Gasteiger partial charge in [0.1, 0.15) is 0 Å². The van der Waals surface area contributed by atoms with E-state index in [0.717, 1.165) is 12.8 Å². The van der Waals surface area contributed by atoms with Crippen LogP contribution in [0.4, 0.5) is 14.9 Å². The molecule has 1 fully saturated rings. The third-order valence-corrected chi connectivity index (χ3v) is 4.64. The van der Waals surface area contributed by atoms with Crippen molar-refractivity contribution in [1.82, 2.24) is 4.90 Å². The van der Waals surface area contributed by atoms with Crippen LogP contribution in [0, 0.1) is 11.7 Å². The minimum atomic E-state index is -0.381. The number of carbonyl (C=O) groups excluding carboxylic acids is 2. The first-order valence-corrected chi connectivity index (χ1v) is 9.07. The van der Waals surface area contributed by atoms with Gasteiger partial charge >= 0.3 is 6.03 Å². The Bertz CT molecular complexity index is 825. The fraction of sp³-hybridized carbons (Fsp3) is 0.333. The molecule has 27 heavy (non-hydrogen) atoms. The molecule has 1 atom stereocenters. The molecule has 1 aliphatic heterocycles. The Morgan fingerprint density at radius 2 is 2.04 bits per heavy atom. The van der Waals surface area contributed by atoms with Crippen LogP contribution in [0.2, 0.25) is 0 Å². The van der Waals surface area contributed by atoms with Crippen molar-refractivity contribution < 1.29 is 18.7 Å². The van der Waals surface area contributed by atoms with Crippen molar-refractivity contribution in [2.45, 2.75) is 19.8 Å². The molecule has 1 aliphatic rings. The summed E-state index contributed by atoms with van der Waals surface area (Å²) in [6.45, 7) is 3.07. The second kappa shape index (κ2) is 8.66. The molecule has 6 heteroatoms. The second-order valence-electron chi connectivity index (χ2n) is 6.76. The number of carbonyl (C=O) groups is 2. The summed E-state index contributed by atoms with van der Waals surface area (Å²) in [6, 6.07) is 13.0. The van der Waals surface area contributed by atoms with Crippen molar-refractivity contribution in [3.05, 3.63) is 59.9 Å². The number of rotatable bonds is 5. The van der Waals surface area contributed by atoms with Gasteiger partial charge in [-0.1, -0.05) is 24.3 Å². The lowest BCUT2D eigenvalue weighted by molar-refractivity contribution is 0.101. The molecule has 0 bridgehead atoms. The van der Waals surface area contributed by atoms with E-state index in [9.17, 15) is 14.0 Å². The number of likely N-dealkylation sites (tertiary alicyclic amines) is 1. The van der Waals surface area contributed by atoms with Crippen molar-refractivity contribution in [1.29, 1.82) is 0 Å². The van der Waals surface area contributed by atoms with Gasteiger partial charge in [0.25, 0.3) is 0 Å². The number of nitrogens with zero attached hydrogens (tertiary/aromatic N) is 1. The molecule has 1 N–H and O–H groups in total. The number of amides is 2. The number of nitrogens with one attached hydrogen (secondary N) is 1. The highest BCUT2D eigenvalue weighted by Crippen LogP contribution is 2.21. The van der Waals surface area contributed by atoms with Crippen LogP contribution in [0.5, 0.6) is 5.75 Å². The van der Waals surface area contributed by atoms with E-state index in [2.05, 4.69) is 5.32 Å². The number of urea groups is 1. The van der Waals surface area contributed by atoms with Crippen LogP contribution in [0.3, 0.4) is 0 Å². The molecule has 1 unspecified atom stereocenters. The van der Waals surface area contributed by atoms with Gasteiger partial charge in [-0.25, -0.2) is 9.18 Å². The van der Waals surface area contributed by atoms with Crippen molar-refractivity contribution >= 4 is 17.5 Å². The van der Waals surface area contributed by atoms with Gasteiger partial charge in [-0.3, -0.25) is 4.79 Å². The Morgan fingerprint density at radius 3 is 2.81 bits per heavy atom. The molecule has 1 saturated heterocycles. The molecular formula is C21H23FN2O3. The van der Waals surface area contributed by atoms with E-state index < -0.39 is 0 Å². The lowest BCUT2D eigenvalue weighted by Gasteiger charge is -2.32. The van der Waals surface area contributed by atoms with Crippen molar-refractivity contribution in [2.75, 3.05) is 25.0 Å². The summed E-state index contributed by atoms with van der Waals surface area (Å²) in [7, 11) is 0. The smallest absolute Gasteiger partial charge is 0.321 e. The summed E-state index contributed by atoms with van der Waals surface area (Å²) in [5.74, 6) is -0.0459. The first-order valence-electron chi connectivity index (χ1n) is 9.07. The van der Waals surface area contributed by atoms with Gasteiger partial charge in [-0.15, -0.1) is 0 Å². The third-order valence-electron chi connectivity index (χ3n) is 4.64. The van der Waals surface area contributed by atoms with Gasteiger partial charge in [0.2, 0.25) is 0 Å². The molecule has 1 heterocycles. The highest BCUT2D eigenvalue weighted by molar-refractivity contribution is 5.96. The quantitative estimate of drug-likeness (QED) is 0.796. The first kappa shape index (κ1) is 18.9. The SMILES string of the molecule is CC(=O)c1cccc(NC(=O)N2CCCC(COc3ccccc3F)C2)c1. The molecule has 0 radical (unpaired) electrons. The Hall–Kier alpha value is -2.89. The van der Waals surface area contributed by atoms with Gasteiger partial charge < -0.3 is 15.0 Å². The van der Waals surface area contributed by atoms with Gasteiger partial charge in [-0.2, -0.15) is 0 Å². The van der Waals surface area contributed by atoms with Crippen LogP contribution in [0.25, 0.3) is 0 Å². The summed E-state index contributed by atoms with van der Waals surface area (Å²) >= 11 is 0. The highest BCUT2D eigenvalue weighted by atomic mass is 19.1. The average molecular weight is 370 g/mol. The fourth-order valence-corrected chi connectivity index (χ4v) is 3.17. The molecule has 0 saturated carbocycles. The topological polar surface area (TPSA) is 58.6 Å². The van der Waals surface area contributed by atoms with Crippen LogP contribution >= 0.6 is 0 Å². The molecule has 142 valence electrons. The number of hydrogen-bond acceptors (Lipinski definition) is 3. The van der Waals surface area contributed by atoms with Crippen LogP contribution < -0.4 is 10.1 Å². The highest BCUT2D eigenvalue weighted by Gasteiger charge is 2.24. The normalized spacial score (nSPS) is 16.7. The Balaban J connectivity index is 1.55. The zero-order valence-corrected chi connectivity index (χ0v) is 15.3. The zero-order valence-electron chi connectivity index (χ0n) is 15.3. The number of hydrogen-bond donors (Lipinski definition) is 1. The molecule has 2 aromatic rings. The van der Waals surface area contributed by atoms with Gasteiger partial charge in [0.05, 0.1) is 6.61 Å². The fourth-order valence-electron chi connectivity index (χ4n) is 3.17. The number of para-hydroxylation sites is 1. The standard InChI is InChI=1S/C21H23FN2O3/c1-15(25)17-7-4-8-18(12-17)23-21(26)24-11-5-6-16(13-24)14-27-20-10-3-2-9-19(20)22/h2-4,7-10,12,16H,5-6,11,13-14H2,1H3,(H,23,26). The maximum atomic E-state index is 13.7. The predicted octanol–water partition coefficient (Wildman–Crippen LogP) is 4.35. The van der Waals surface area contributed by atoms with Crippen molar-refractivity contribution in [2.24, 2.45) is 5.92 Å². The number of benzene rings is 2. The molecule has 3 rings (SSSR count). The lowest BCUT2D eigenvalue weighted by atomic mass is 9.99. The van der Waals surface area contributed by atoms with Crippen LogP contribution in [0.15, 0.2) is 48.5 Å². The van der Waals surface area contributed by atoms with E-state index in [-0.39, 0.29) is 29.3 Å². The summed E-state index contributed by atoms with van der Waals surface area (Å²) in [4.78, 5) is 25.8. The summed E-state index contributed by atoms with van der Waals surface area (Å²) in [6.07, 6.45) is 1.80. The average Bonchev–Trinajstić information content (AvgIpc) is 2.68. The maximum Gasteiger partial charge on any atom is 0.321 e. The lowest BCUT2D eigenvalue weighted by Crippen LogP contribution is -2.43. The van der Waals surface area contributed by atoms with Gasteiger partial charge in [0.15, 0.2) is 17.3 Å². The Kier molecular flexibility index (Phi) is 6.06. The minimum absolute atomic E-state index is 0.0468. The number of piperidine rings is 1. The first-order chi connectivity index (χ1) is 13.0. The number of ether oxygens (including phenoxy) is 1. The summed E-state index contributed by atoms with van der Waals surface area (Å²) < 4.78 is 19.3. The van der Waals surface area contributed by atoms with Crippen LogP contribution in [0.1, 0.15) is 30.1 Å². The second-order valence-corrected chi connectivity index (χ2v) is 6.76. The number of Topliss-reactive ketones (excluding diaryl/α,β-unsaturated/α-hetero) is 1. The molecular weight excluding hydrogens is 347 g/mol. The van der Waals surface area contributed by atoms with E-state index >= 15 is 0 Å². The molecule has 5 nitrogen and oxygen atoms in total. The zero-order chi connectivity index (χ0) is 19.2. The Morgan fingerprint density at radius 1 is 1.22 bits per heavy atom. The van der Waals surface area contributed by atoms with Gasteiger partial charge in [-0.05, 0) is 44.0 Å². The van der Waals surface area contributed by atoms with E-state index in [1.165, 1.54) is 13.0 Å². The molecule has 2 aromatic carbocycles. The molecule has 2 amide bonds. The van der Waals surface area contributed by atoms with Gasteiger partial charge in [0, 0.05) is 30.3 Å². The maximum absolute atomic E-state index is 13.7. The monoisotopic (exact) mass is 370 g/mol. The minimum Gasteiger partial charge on any atom is -0.490 e. The largest absolute Gasteiger partial charge is 0.490 e. The van der Waals surface area contributed by atoms with Crippen LogP contribution in [-0.4, -0.2) is 36.4 Å². The molecule has 0 aliphatic carbocycles.